The number of rotatable bonds is 5. The van der Waals surface area contributed by atoms with E-state index in [1.54, 1.807) is 0 Å². The molecular formula is C10H14F3N3O3. The van der Waals surface area contributed by atoms with Gasteiger partial charge in [0, 0.05) is 0 Å². The molecular weight excluding hydrogens is 267 g/mol. The summed E-state index contributed by atoms with van der Waals surface area (Å²) in [6, 6.07) is -0.00924. The van der Waals surface area contributed by atoms with E-state index in [1.807, 2.05) is 0 Å². The summed E-state index contributed by atoms with van der Waals surface area (Å²) in [5.41, 5.74) is 0. The summed E-state index contributed by atoms with van der Waals surface area (Å²) in [7, 11) is 0. The third-order valence-corrected chi connectivity index (χ3v) is 2.61. The number of hydrogen-bond donors (Lipinski definition) is 1. The van der Waals surface area contributed by atoms with Crippen LogP contribution in [-0.2, 0) is 4.74 Å². The molecule has 2 heterocycles. The van der Waals surface area contributed by atoms with Gasteiger partial charge >= 0.3 is 12.4 Å². The van der Waals surface area contributed by atoms with Crippen molar-refractivity contribution in [1.82, 2.24) is 15.5 Å². The number of hydrogen-bond acceptors (Lipinski definition) is 6. The predicted molar refractivity (Wildman–Crippen MR) is 56.4 cm³/mol. The Kier molecular flexibility index (Phi) is 4.59. The van der Waals surface area contributed by atoms with Gasteiger partial charge in [0.15, 0.2) is 0 Å². The van der Waals surface area contributed by atoms with E-state index < -0.39 is 13.0 Å². The van der Waals surface area contributed by atoms with Crippen LogP contribution in [-0.4, -0.2) is 36.3 Å². The minimum Gasteiger partial charge on any atom is -0.447 e. The molecule has 0 unspecified atom stereocenters. The van der Waals surface area contributed by atoms with Gasteiger partial charge in [0.25, 0.3) is 0 Å². The smallest absolute Gasteiger partial charge is 0.447 e. The lowest BCUT2D eigenvalue weighted by atomic mass is 10.1. The van der Waals surface area contributed by atoms with Gasteiger partial charge in [0.1, 0.15) is 6.61 Å². The third-order valence-electron chi connectivity index (χ3n) is 2.61. The maximum Gasteiger partial charge on any atom is 0.522 e. The van der Waals surface area contributed by atoms with Crippen LogP contribution in [0.3, 0.4) is 0 Å². The molecule has 9 heteroatoms. The zero-order chi connectivity index (χ0) is 13.7. The molecule has 108 valence electrons. The Morgan fingerprint density at radius 3 is 2.79 bits per heavy atom. The number of halogens is 3. The zero-order valence-corrected chi connectivity index (χ0v) is 10.1. The second kappa shape index (κ2) is 6.20. The van der Waals surface area contributed by atoms with Crippen LogP contribution < -0.4 is 10.1 Å². The van der Waals surface area contributed by atoms with Crippen molar-refractivity contribution in [2.45, 2.75) is 31.7 Å². The van der Waals surface area contributed by atoms with Crippen molar-refractivity contribution in [2.24, 2.45) is 0 Å². The van der Waals surface area contributed by atoms with E-state index in [0.717, 1.165) is 25.8 Å². The molecule has 0 spiro atoms. The molecule has 0 amide bonds. The monoisotopic (exact) mass is 281 g/mol. The molecule has 0 aromatic carbocycles. The molecule has 2 rings (SSSR count). The molecule has 19 heavy (non-hydrogen) atoms. The van der Waals surface area contributed by atoms with Crippen molar-refractivity contribution in [3.63, 3.8) is 0 Å². The van der Waals surface area contributed by atoms with Gasteiger partial charge in [-0.25, -0.2) is 0 Å². The fraction of sp³-hybridized carbons (Fsp3) is 0.800. The first-order valence-electron chi connectivity index (χ1n) is 5.95. The Hall–Kier alpha value is -1.35. The summed E-state index contributed by atoms with van der Waals surface area (Å²) in [5, 5.41) is 10.6. The van der Waals surface area contributed by atoms with Crippen LogP contribution in [0.4, 0.5) is 13.2 Å². The molecule has 1 aliphatic rings. The van der Waals surface area contributed by atoms with E-state index >= 15 is 0 Å². The van der Waals surface area contributed by atoms with Crippen LogP contribution in [0.1, 0.15) is 31.2 Å². The summed E-state index contributed by atoms with van der Waals surface area (Å²) in [6.45, 7) is -0.0508. The predicted octanol–water partition coefficient (Wildman–Crippen LogP) is 1.80. The summed E-state index contributed by atoms with van der Waals surface area (Å²) >= 11 is 0. The van der Waals surface area contributed by atoms with Crippen LogP contribution in [0.25, 0.3) is 0 Å². The van der Waals surface area contributed by atoms with Gasteiger partial charge in [-0.05, 0) is 19.4 Å². The van der Waals surface area contributed by atoms with Gasteiger partial charge < -0.3 is 14.5 Å². The highest BCUT2D eigenvalue weighted by Gasteiger charge is 2.28. The Balaban J connectivity index is 1.74. The number of piperidine rings is 1. The average Bonchev–Trinajstić information content (AvgIpc) is 2.83. The molecule has 0 saturated carbocycles. The van der Waals surface area contributed by atoms with Crippen LogP contribution in [0, 0.1) is 0 Å². The lowest BCUT2D eigenvalue weighted by Crippen LogP contribution is -2.26. The van der Waals surface area contributed by atoms with Gasteiger partial charge in [0.05, 0.1) is 12.6 Å². The second-order valence-electron chi connectivity index (χ2n) is 4.05. The summed E-state index contributed by atoms with van der Waals surface area (Å²) in [4.78, 5) is 0. The number of ether oxygens (including phenoxy) is 2. The summed E-state index contributed by atoms with van der Waals surface area (Å²) in [6.07, 6.45) is -1.75. The van der Waals surface area contributed by atoms with Crippen molar-refractivity contribution >= 4 is 0 Å². The highest BCUT2D eigenvalue weighted by atomic mass is 19.4. The zero-order valence-electron chi connectivity index (χ0n) is 10.1. The SMILES string of the molecule is FC(F)(F)OCCOc1nnc([C@H]2CCCCN2)o1. The lowest BCUT2D eigenvalue weighted by Gasteiger charge is -2.19. The van der Waals surface area contributed by atoms with Gasteiger partial charge in [-0.1, -0.05) is 11.5 Å². The quantitative estimate of drug-likeness (QED) is 0.830. The van der Waals surface area contributed by atoms with Gasteiger partial charge in [-0.2, -0.15) is 0 Å². The average molecular weight is 281 g/mol. The maximum atomic E-state index is 11.7. The normalized spacial score (nSPS) is 20.5. The van der Waals surface area contributed by atoms with E-state index in [4.69, 9.17) is 9.15 Å². The molecule has 1 fully saturated rings. The molecule has 6 nitrogen and oxygen atoms in total. The van der Waals surface area contributed by atoms with Crippen molar-refractivity contribution in [3.8, 4) is 6.08 Å². The minimum absolute atomic E-state index is 0.00924. The molecule has 1 aromatic rings. The number of alkyl halides is 3. The Labute approximate surface area is 107 Å². The summed E-state index contributed by atoms with van der Waals surface area (Å²) in [5.74, 6) is 0.395. The highest BCUT2D eigenvalue weighted by molar-refractivity contribution is 4.94. The molecule has 1 aromatic heterocycles. The maximum absolute atomic E-state index is 11.7. The lowest BCUT2D eigenvalue weighted by molar-refractivity contribution is -0.325. The van der Waals surface area contributed by atoms with Crippen molar-refractivity contribution in [2.75, 3.05) is 19.8 Å². The van der Waals surface area contributed by atoms with Gasteiger partial charge in [-0.3, -0.25) is 4.74 Å². The van der Waals surface area contributed by atoms with Crippen molar-refractivity contribution in [3.05, 3.63) is 5.89 Å². The van der Waals surface area contributed by atoms with Crippen molar-refractivity contribution < 1.29 is 27.1 Å². The second-order valence-corrected chi connectivity index (χ2v) is 4.05. The van der Waals surface area contributed by atoms with E-state index in [0.29, 0.717) is 5.89 Å². The highest BCUT2D eigenvalue weighted by Crippen LogP contribution is 2.23. The Morgan fingerprint density at radius 2 is 2.11 bits per heavy atom. The van der Waals surface area contributed by atoms with Crippen LogP contribution in [0.15, 0.2) is 4.42 Å². The fourth-order valence-corrected chi connectivity index (χ4v) is 1.77. The number of nitrogens with zero attached hydrogens (tertiary/aromatic N) is 2. The first kappa shape index (κ1) is 14.1. The molecule has 1 atom stereocenters. The number of nitrogens with one attached hydrogen (secondary N) is 1. The standard InChI is InChI=1S/C10H14F3N3O3/c11-10(12,13)18-6-5-17-9-16-15-8(19-9)7-3-1-2-4-14-7/h7,14H,1-6H2/t7-/m1/s1. The van der Waals surface area contributed by atoms with Gasteiger partial charge in [0.2, 0.25) is 5.89 Å². The largest absolute Gasteiger partial charge is 0.522 e. The topological polar surface area (TPSA) is 69.4 Å². The van der Waals surface area contributed by atoms with Crippen LogP contribution in [0.5, 0.6) is 6.08 Å². The van der Waals surface area contributed by atoms with Crippen LogP contribution in [0.2, 0.25) is 0 Å². The van der Waals surface area contributed by atoms with Crippen LogP contribution >= 0.6 is 0 Å². The van der Waals surface area contributed by atoms with E-state index in [9.17, 15) is 13.2 Å². The molecule has 1 saturated heterocycles. The molecule has 0 radical (unpaired) electrons. The Bertz CT molecular complexity index is 391. The Morgan fingerprint density at radius 1 is 1.26 bits per heavy atom. The van der Waals surface area contributed by atoms with Crippen molar-refractivity contribution in [1.29, 1.82) is 0 Å². The van der Waals surface area contributed by atoms with E-state index in [1.165, 1.54) is 0 Å². The fourth-order valence-electron chi connectivity index (χ4n) is 1.77. The minimum atomic E-state index is -4.66. The third kappa shape index (κ3) is 4.67. The van der Waals surface area contributed by atoms with E-state index in [2.05, 4.69) is 20.3 Å². The summed E-state index contributed by atoms with van der Waals surface area (Å²) < 4.78 is 48.7. The number of aromatic nitrogens is 2. The van der Waals surface area contributed by atoms with E-state index in [-0.39, 0.29) is 18.7 Å². The molecule has 1 aliphatic heterocycles. The molecule has 0 bridgehead atoms. The molecule has 1 N–H and O–H groups in total. The van der Waals surface area contributed by atoms with Gasteiger partial charge in [-0.15, -0.1) is 18.3 Å². The molecule has 0 aliphatic carbocycles. The first-order valence-corrected chi connectivity index (χ1v) is 5.95. The first-order chi connectivity index (χ1) is 9.04.